The van der Waals surface area contributed by atoms with Crippen molar-refractivity contribution in [2.24, 2.45) is 0 Å². The highest BCUT2D eigenvalue weighted by molar-refractivity contribution is 5.91. The number of hydrogen-bond acceptors (Lipinski definition) is 7. The number of nitrogens with one attached hydrogen (secondary N) is 2. The van der Waals surface area contributed by atoms with Gasteiger partial charge in [-0.2, -0.15) is 18.2 Å². The molecule has 4 rings (SSSR count). The maximum absolute atomic E-state index is 13.3. The highest BCUT2D eigenvalue weighted by atomic mass is 19.4. The van der Waals surface area contributed by atoms with Crippen molar-refractivity contribution in [3.63, 3.8) is 0 Å². The minimum absolute atomic E-state index is 0.0601. The van der Waals surface area contributed by atoms with Gasteiger partial charge in [0.25, 0.3) is 0 Å². The second kappa shape index (κ2) is 8.33. The maximum Gasteiger partial charge on any atom is 0.416 e. The molecule has 0 aliphatic carbocycles. The summed E-state index contributed by atoms with van der Waals surface area (Å²) in [5.41, 5.74) is 6.12. The molecule has 0 amide bonds. The summed E-state index contributed by atoms with van der Waals surface area (Å²) in [6.07, 6.45) is -1.72. The number of halogens is 3. The molecule has 170 valence electrons. The molecule has 1 aliphatic heterocycles. The van der Waals surface area contributed by atoms with E-state index in [1.807, 2.05) is 19.9 Å². The predicted molar refractivity (Wildman–Crippen MR) is 121 cm³/mol. The Bertz CT molecular complexity index is 1130. The van der Waals surface area contributed by atoms with Crippen molar-refractivity contribution in [2.75, 3.05) is 34.4 Å². The summed E-state index contributed by atoms with van der Waals surface area (Å²) in [5, 5.41) is 7.26. The first-order valence-corrected chi connectivity index (χ1v) is 10.5. The van der Waals surface area contributed by atoms with Gasteiger partial charge in [-0.25, -0.2) is 9.97 Å². The van der Waals surface area contributed by atoms with Crippen LogP contribution in [0.2, 0.25) is 0 Å². The molecule has 3 aromatic rings. The lowest BCUT2D eigenvalue weighted by Gasteiger charge is -2.31. The summed E-state index contributed by atoms with van der Waals surface area (Å²) in [6, 6.07) is 5.15. The van der Waals surface area contributed by atoms with Crippen LogP contribution >= 0.6 is 0 Å². The Morgan fingerprint density at radius 1 is 1.03 bits per heavy atom. The average molecular weight is 445 g/mol. The Morgan fingerprint density at radius 2 is 1.78 bits per heavy atom. The van der Waals surface area contributed by atoms with E-state index in [-0.39, 0.29) is 11.7 Å². The second-order valence-corrected chi connectivity index (χ2v) is 8.35. The Hall–Kier alpha value is -3.30. The van der Waals surface area contributed by atoms with Gasteiger partial charge in [0, 0.05) is 30.2 Å². The fraction of sp³-hybridized carbons (Fsp3) is 0.409. The highest BCUT2D eigenvalue weighted by Gasteiger charge is 2.31. The summed E-state index contributed by atoms with van der Waals surface area (Å²) >= 11 is 0. The van der Waals surface area contributed by atoms with Crippen LogP contribution in [0.3, 0.4) is 0 Å². The summed E-state index contributed by atoms with van der Waals surface area (Å²) < 4.78 is 39.8. The van der Waals surface area contributed by atoms with Gasteiger partial charge in [-0.3, -0.25) is 0 Å². The molecule has 0 saturated carbocycles. The molecule has 0 radical (unpaired) electrons. The fourth-order valence-corrected chi connectivity index (χ4v) is 3.54. The number of nitrogens with two attached hydrogens (primary N) is 1. The number of alkyl halides is 3. The molecule has 0 bridgehead atoms. The van der Waals surface area contributed by atoms with E-state index in [1.165, 1.54) is 0 Å². The van der Waals surface area contributed by atoms with Crippen molar-refractivity contribution in [3.8, 4) is 0 Å². The third-order valence-electron chi connectivity index (χ3n) is 5.30. The van der Waals surface area contributed by atoms with Crippen LogP contribution in [-0.4, -0.2) is 34.1 Å². The molecular formula is C22H26F3N7. The Kier molecular flexibility index (Phi) is 5.70. The van der Waals surface area contributed by atoms with Crippen LogP contribution in [0, 0.1) is 0 Å². The van der Waals surface area contributed by atoms with Crippen LogP contribution < -0.4 is 21.3 Å². The molecule has 3 heterocycles. The van der Waals surface area contributed by atoms with Gasteiger partial charge in [-0.05, 0) is 57.0 Å². The zero-order chi connectivity index (χ0) is 23.0. The first-order valence-electron chi connectivity index (χ1n) is 10.5. The van der Waals surface area contributed by atoms with E-state index in [1.54, 1.807) is 19.2 Å². The lowest BCUT2D eigenvalue weighted by molar-refractivity contribution is -0.137. The molecule has 1 fully saturated rings. The third kappa shape index (κ3) is 4.63. The maximum atomic E-state index is 13.3. The number of anilines is 4. The summed E-state index contributed by atoms with van der Waals surface area (Å²) in [4.78, 5) is 15.8. The Labute approximate surface area is 184 Å². The lowest BCUT2D eigenvalue weighted by atomic mass is 10.0. The zero-order valence-electron chi connectivity index (χ0n) is 18.2. The van der Waals surface area contributed by atoms with E-state index in [9.17, 15) is 13.2 Å². The van der Waals surface area contributed by atoms with Gasteiger partial charge in [-0.1, -0.05) is 0 Å². The second-order valence-electron chi connectivity index (χ2n) is 8.35. The lowest BCUT2D eigenvalue weighted by Crippen LogP contribution is -2.38. The van der Waals surface area contributed by atoms with Gasteiger partial charge >= 0.3 is 6.18 Å². The van der Waals surface area contributed by atoms with E-state index in [4.69, 9.17) is 10.7 Å². The predicted octanol–water partition coefficient (Wildman–Crippen LogP) is 4.83. The average Bonchev–Trinajstić information content (AvgIpc) is 2.65. The molecule has 1 aliphatic rings. The normalized spacial score (nSPS) is 15.0. The van der Waals surface area contributed by atoms with Gasteiger partial charge < -0.3 is 21.3 Å². The smallest absolute Gasteiger partial charge is 0.399 e. The van der Waals surface area contributed by atoms with E-state index < -0.39 is 17.8 Å². The van der Waals surface area contributed by atoms with E-state index >= 15 is 0 Å². The molecule has 1 saturated heterocycles. The van der Waals surface area contributed by atoms with Crippen molar-refractivity contribution in [1.82, 2.24) is 15.0 Å². The first-order chi connectivity index (χ1) is 15.1. The largest absolute Gasteiger partial charge is 0.416 e. The summed E-state index contributed by atoms with van der Waals surface area (Å²) in [7, 11) is 0. The van der Waals surface area contributed by atoms with E-state index in [2.05, 4.69) is 25.5 Å². The van der Waals surface area contributed by atoms with Crippen LogP contribution in [0.15, 0.2) is 30.5 Å². The van der Waals surface area contributed by atoms with Crippen molar-refractivity contribution >= 4 is 34.2 Å². The number of nitrogen functional groups attached to an aromatic ring is 1. The molecule has 2 aromatic heterocycles. The minimum atomic E-state index is -4.47. The molecule has 10 heteroatoms. The Balaban J connectivity index is 1.74. The number of fused-ring (bicyclic) bond motifs is 1. The molecule has 7 nitrogen and oxygen atoms in total. The standard InChI is InChI=1S/C22H26F3N7/c1-12(2)28-19-10-17-18(11-27-19)30-21(32-5-4-6-32)31-20(17)29-13(3)14-7-15(22(23,24)25)9-16(26)8-14/h7-13H,4-6,26H2,1-3H3,(H,27,28)(H,29,30,31). The van der Waals surface area contributed by atoms with E-state index in [0.29, 0.717) is 28.7 Å². The zero-order valence-corrected chi connectivity index (χ0v) is 18.2. The van der Waals surface area contributed by atoms with Crippen molar-refractivity contribution in [2.45, 2.75) is 45.5 Å². The monoisotopic (exact) mass is 445 g/mol. The van der Waals surface area contributed by atoms with Crippen molar-refractivity contribution < 1.29 is 13.2 Å². The first kappa shape index (κ1) is 21.9. The number of rotatable bonds is 6. The van der Waals surface area contributed by atoms with Crippen molar-refractivity contribution in [1.29, 1.82) is 0 Å². The van der Waals surface area contributed by atoms with E-state index in [0.717, 1.165) is 37.0 Å². The molecule has 1 atom stereocenters. The van der Waals surface area contributed by atoms with Gasteiger partial charge in [0.15, 0.2) is 0 Å². The number of benzene rings is 1. The molecule has 4 N–H and O–H groups in total. The molecule has 1 unspecified atom stereocenters. The summed E-state index contributed by atoms with van der Waals surface area (Å²) in [6.45, 7) is 7.53. The number of pyridine rings is 1. The number of aromatic nitrogens is 3. The molecule has 0 spiro atoms. The quantitative estimate of drug-likeness (QED) is 0.468. The van der Waals surface area contributed by atoms with Crippen LogP contribution in [0.25, 0.3) is 10.9 Å². The van der Waals surface area contributed by atoms with Crippen molar-refractivity contribution in [3.05, 3.63) is 41.6 Å². The molecular weight excluding hydrogens is 419 g/mol. The fourth-order valence-electron chi connectivity index (χ4n) is 3.54. The SMILES string of the molecule is CC(C)Nc1cc2c(NC(C)c3cc(N)cc(C(F)(F)F)c3)nc(N3CCC3)nc2cn1. The number of hydrogen-bond donors (Lipinski definition) is 3. The molecule has 1 aromatic carbocycles. The van der Waals surface area contributed by atoms with Gasteiger partial charge in [0.05, 0.1) is 23.3 Å². The van der Waals surface area contributed by atoms with Crippen LogP contribution in [0.1, 0.15) is 44.4 Å². The Morgan fingerprint density at radius 3 is 2.41 bits per heavy atom. The van der Waals surface area contributed by atoms with Gasteiger partial charge in [0.1, 0.15) is 11.6 Å². The van der Waals surface area contributed by atoms with Gasteiger partial charge in [0.2, 0.25) is 5.95 Å². The topological polar surface area (TPSA) is 92.0 Å². The highest BCUT2D eigenvalue weighted by Crippen LogP contribution is 2.34. The minimum Gasteiger partial charge on any atom is -0.399 e. The summed E-state index contributed by atoms with van der Waals surface area (Å²) in [5.74, 6) is 1.79. The molecule has 32 heavy (non-hydrogen) atoms. The third-order valence-corrected chi connectivity index (χ3v) is 5.30. The van der Waals surface area contributed by atoms with Gasteiger partial charge in [-0.15, -0.1) is 0 Å². The van der Waals surface area contributed by atoms with Crippen LogP contribution in [0.4, 0.5) is 36.4 Å². The van der Waals surface area contributed by atoms with Crippen LogP contribution in [0.5, 0.6) is 0 Å². The van der Waals surface area contributed by atoms with Crippen LogP contribution in [-0.2, 0) is 6.18 Å². The number of nitrogens with zero attached hydrogens (tertiary/aromatic N) is 4.